The third-order valence-corrected chi connectivity index (χ3v) is 3.86. The molecule has 90 valence electrons. The number of hydrogen-bond donors (Lipinski definition) is 0. The quantitative estimate of drug-likeness (QED) is 0.823. The molecule has 1 aromatic rings. The van der Waals surface area contributed by atoms with Gasteiger partial charge in [0.1, 0.15) is 0 Å². The summed E-state index contributed by atoms with van der Waals surface area (Å²) in [6.45, 7) is 5.33. The molecule has 2 nitrogen and oxygen atoms in total. The van der Waals surface area contributed by atoms with Crippen LogP contribution in [0.5, 0.6) is 0 Å². The Bertz CT molecular complexity index is 446. The molecule has 1 aliphatic heterocycles. The maximum Gasteiger partial charge on any atom is 0.0669 e. The van der Waals surface area contributed by atoms with E-state index in [9.17, 15) is 5.26 Å². The van der Waals surface area contributed by atoms with E-state index in [1.54, 1.807) is 0 Å². The summed E-state index contributed by atoms with van der Waals surface area (Å²) in [5.74, 6) is 0.233. The number of rotatable bonds is 3. The molecule has 1 unspecified atom stereocenters. The Balaban J connectivity index is 2.45. The van der Waals surface area contributed by atoms with Crippen LogP contribution in [0.4, 0.5) is 0 Å². The predicted molar refractivity (Wildman–Crippen MR) is 67.9 cm³/mol. The molecule has 1 fully saturated rings. The summed E-state index contributed by atoms with van der Waals surface area (Å²) in [7, 11) is 0. The summed E-state index contributed by atoms with van der Waals surface area (Å²) in [5, 5.41) is 10.1. The predicted octanol–water partition coefficient (Wildman–Crippen LogP) is 3.40. The second-order valence-corrected chi connectivity index (χ2v) is 5.39. The number of benzene rings is 1. The van der Waals surface area contributed by atoms with Crippen LogP contribution < -0.4 is 0 Å². The highest BCUT2D eigenvalue weighted by Crippen LogP contribution is 2.45. The highest BCUT2D eigenvalue weighted by molar-refractivity contribution is 6.31. The minimum absolute atomic E-state index is 0.0591. The fourth-order valence-corrected chi connectivity index (χ4v) is 2.92. The molecule has 0 saturated carbocycles. The van der Waals surface area contributed by atoms with Crippen LogP contribution in [0.25, 0.3) is 0 Å². The van der Waals surface area contributed by atoms with Gasteiger partial charge in [0.15, 0.2) is 0 Å². The zero-order chi connectivity index (χ0) is 12.5. The first-order valence-corrected chi connectivity index (χ1v) is 6.22. The van der Waals surface area contributed by atoms with E-state index in [4.69, 9.17) is 16.3 Å². The van der Waals surface area contributed by atoms with Gasteiger partial charge in [0, 0.05) is 5.02 Å². The zero-order valence-electron chi connectivity index (χ0n) is 10.1. The second kappa shape index (κ2) is 4.68. The van der Waals surface area contributed by atoms with Crippen molar-refractivity contribution in [3.63, 3.8) is 0 Å². The van der Waals surface area contributed by atoms with Gasteiger partial charge in [-0.2, -0.15) is 5.26 Å². The van der Waals surface area contributed by atoms with Gasteiger partial charge in [-0.15, -0.1) is 0 Å². The third kappa shape index (κ3) is 1.94. The minimum Gasteiger partial charge on any atom is -0.379 e. The molecule has 0 radical (unpaired) electrons. The van der Waals surface area contributed by atoms with Crippen molar-refractivity contribution in [1.82, 2.24) is 0 Å². The molecule has 1 aliphatic rings. The van der Waals surface area contributed by atoms with E-state index < -0.39 is 0 Å². The van der Waals surface area contributed by atoms with Crippen LogP contribution in [0.15, 0.2) is 24.3 Å². The molecule has 0 aromatic heterocycles. The third-order valence-electron chi connectivity index (χ3n) is 3.53. The van der Waals surface area contributed by atoms with Gasteiger partial charge in [-0.3, -0.25) is 0 Å². The Hall–Kier alpha value is -1.04. The minimum atomic E-state index is -0.221. The summed E-state index contributed by atoms with van der Waals surface area (Å²) in [6, 6.07) is 10.2. The van der Waals surface area contributed by atoms with Crippen molar-refractivity contribution < 1.29 is 4.74 Å². The van der Waals surface area contributed by atoms with Crippen molar-refractivity contribution in [2.45, 2.75) is 19.3 Å². The van der Waals surface area contributed by atoms with Crippen LogP contribution in [0.2, 0.25) is 5.02 Å². The number of halogens is 1. The molecule has 0 spiro atoms. The Morgan fingerprint density at radius 2 is 2.00 bits per heavy atom. The van der Waals surface area contributed by atoms with E-state index in [0.29, 0.717) is 19.1 Å². The molecular weight excluding hydrogens is 234 g/mol. The summed E-state index contributed by atoms with van der Waals surface area (Å²) in [5.41, 5.74) is 0.828. The SMILES string of the molecule is CC(C)C(C#N)C1(c2ccccc2Cl)COC1. The van der Waals surface area contributed by atoms with Gasteiger partial charge >= 0.3 is 0 Å². The van der Waals surface area contributed by atoms with Crippen molar-refractivity contribution in [1.29, 1.82) is 5.26 Å². The molecule has 2 rings (SSSR count). The normalized spacial score (nSPS) is 19.5. The fourth-order valence-electron chi connectivity index (χ4n) is 2.60. The maximum absolute atomic E-state index is 9.40. The molecule has 1 heterocycles. The van der Waals surface area contributed by atoms with Crippen molar-refractivity contribution in [3.05, 3.63) is 34.9 Å². The van der Waals surface area contributed by atoms with Crippen LogP contribution in [-0.2, 0) is 10.2 Å². The summed E-state index contributed by atoms with van der Waals surface area (Å²) in [6.07, 6.45) is 0. The molecule has 1 aromatic carbocycles. The average Bonchev–Trinajstić information content (AvgIpc) is 2.24. The topological polar surface area (TPSA) is 33.0 Å². The van der Waals surface area contributed by atoms with Crippen molar-refractivity contribution in [2.75, 3.05) is 13.2 Å². The van der Waals surface area contributed by atoms with Crippen molar-refractivity contribution in [3.8, 4) is 6.07 Å². The van der Waals surface area contributed by atoms with Crippen molar-refractivity contribution >= 4 is 11.6 Å². The van der Waals surface area contributed by atoms with Crippen LogP contribution in [0, 0.1) is 23.2 Å². The summed E-state index contributed by atoms with van der Waals surface area (Å²) in [4.78, 5) is 0. The lowest BCUT2D eigenvalue weighted by atomic mass is 9.65. The number of nitriles is 1. The first-order valence-electron chi connectivity index (χ1n) is 5.84. The molecule has 0 aliphatic carbocycles. The fraction of sp³-hybridized carbons (Fsp3) is 0.500. The van der Waals surface area contributed by atoms with Gasteiger partial charge in [-0.25, -0.2) is 0 Å². The largest absolute Gasteiger partial charge is 0.379 e. The number of ether oxygens (including phenoxy) is 1. The average molecular weight is 250 g/mol. The molecule has 1 atom stereocenters. The molecule has 3 heteroatoms. The van der Waals surface area contributed by atoms with E-state index in [1.165, 1.54) is 0 Å². The second-order valence-electron chi connectivity index (χ2n) is 4.98. The maximum atomic E-state index is 9.40. The van der Waals surface area contributed by atoms with E-state index in [-0.39, 0.29) is 11.3 Å². The first kappa shape index (κ1) is 12.4. The van der Waals surface area contributed by atoms with Crippen LogP contribution >= 0.6 is 11.6 Å². The monoisotopic (exact) mass is 249 g/mol. The van der Waals surface area contributed by atoms with E-state index >= 15 is 0 Å². The van der Waals surface area contributed by atoms with Crippen LogP contribution in [0.3, 0.4) is 0 Å². The highest BCUT2D eigenvalue weighted by atomic mass is 35.5. The molecule has 1 saturated heterocycles. The van der Waals surface area contributed by atoms with Crippen LogP contribution in [0.1, 0.15) is 19.4 Å². The van der Waals surface area contributed by atoms with Gasteiger partial charge in [0.05, 0.1) is 30.6 Å². The zero-order valence-corrected chi connectivity index (χ0v) is 10.9. The summed E-state index contributed by atoms with van der Waals surface area (Å²) < 4.78 is 5.37. The van der Waals surface area contributed by atoms with E-state index in [2.05, 4.69) is 19.9 Å². The van der Waals surface area contributed by atoms with Gasteiger partial charge in [0.25, 0.3) is 0 Å². The standard InChI is InChI=1S/C14H16ClNO/c1-10(2)12(7-16)14(8-17-9-14)11-5-3-4-6-13(11)15/h3-6,10,12H,8-9H2,1-2H3. The lowest BCUT2D eigenvalue weighted by Crippen LogP contribution is -2.53. The smallest absolute Gasteiger partial charge is 0.0669 e. The van der Waals surface area contributed by atoms with Gasteiger partial charge in [-0.1, -0.05) is 43.6 Å². The van der Waals surface area contributed by atoms with E-state index in [0.717, 1.165) is 10.6 Å². The highest BCUT2D eigenvalue weighted by Gasteiger charge is 2.49. The van der Waals surface area contributed by atoms with Crippen molar-refractivity contribution in [2.24, 2.45) is 11.8 Å². The summed E-state index contributed by atoms with van der Waals surface area (Å²) >= 11 is 6.26. The lowest BCUT2D eigenvalue weighted by molar-refractivity contribution is -0.0876. The lowest BCUT2D eigenvalue weighted by Gasteiger charge is -2.46. The van der Waals surface area contributed by atoms with E-state index in [1.807, 2.05) is 24.3 Å². The first-order chi connectivity index (χ1) is 8.12. The van der Waals surface area contributed by atoms with Gasteiger partial charge < -0.3 is 4.74 Å². The number of nitrogens with zero attached hydrogens (tertiary/aromatic N) is 1. The van der Waals surface area contributed by atoms with Gasteiger partial charge in [0.2, 0.25) is 0 Å². The van der Waals surface area contributed by atoms with Crippen LogP contribution in [-0.4, -0.2) is 13.2 Å². The van der Waals surface area contributed by atoms with Gasteiger partial charge in [-0.05, 0) is 17.5 Å². The Morgan fingerprint density at radius 1 is 1.35 bits per heavy atom. The Morgan fingerprint density at radius 3 is 2.41 bits per heavy atom. The molecule has 17 heavy (non-hydrogen) atoms. The molecular formula is C14H16ClNO. The Kier molecular flexibility index (Phi) is 3.42. The Labute approximate surface area is 107 Å². The molecule has 0 amide bonds. The molecule has 0 N–H and O–H groups in total. The molecule has 0 bridgehead atoms. The number of hydrogen-bond acceptors (Lipinski definition) is 2.